The summed E-state index contributed by atoms with van der Waals surface area (Å²) in [7, 11) is 1.62. The Kier molecular flexibility index (Phi) is 4.71. The molecule has 0 aliphatic heterocycles. The Morgan fingerprint density at radius 2 is 2.05 bits per heavy atom. The van der Waals surface area contributed by atoms with Crippen LogP contribution in [0, 0.1) is 17.0 Å². The summed E-state index contributed by atoms with van der Waals surface area (Å²) in [6.45, 7) is 2.35. The van der Waals surface area contributed by atoms with Crippen molar-refractivity contribution >= 4 is 11.5 Å². The number of hydrogen-bond donors (Lipinski definition) is 1. The zero-order valence-electron chi connectivity index (χ0n) is 12.0. The first kappa shape index (κ1) is 14.8. The summed E-state index contributed by atoms with van der Waals surface area (Å²) < 4.78 is 5.10. The van der Waals surface area contributed by atoms with Crippen molar-refractivity contribution in [2.24, 2.45) is 0 Å². The van der Waals surface area contributed by atoms with Gasteiger partial charge in [-0.15, -0.1) is 0 Å². The van der Waals surface area contributed by atoms with E-state index in [1.807, 2.05) is 24.3 Å². The van der Waals surface area contributed by atoms with Gasteiger partial charge in [0.05, 0.1) is 12.0 Å². The van der Waals surface area contributed by atoms with Crippen molar-refractivity contribution in [3.8, 4) is 5.75 Å². The minimum Gasteiger partial charge on any atom is -0.497 e. The Hall–Kier alpha value is -2.63. The number of methoxy groups -OCH3 is 1. The van der Waals surface area contributed by atoms with E-state index >= 15 is 0 Å². The molecule has 0 amide bonds. The van der Waals surface area contributed by atoms with Gasteiger partial charge in [0.2, 0.25) is 5.82 Å². The molecule has 6 nitrogen and oxygen atoms in total. The summed E-state index contributed by atoms with van der Waals surface area (Å²) >= 11 is 0. The van der Waals surface area contributed by atoms with Crippen LogP contribution in [0.4, 0.5) is 11.5 Å². The molecule has 6 heteroatoms. The molecule has 0 aliphatic carbocycles. The maximum atomic E-state index is 11.0. The van der Waals surface area contributed by atoms with E-state index in [2.05, 4.69) is 10.3 Å². The Labute approximate surface area is 122 Å². The summed E-state index contributed by atoms with van der Waals surface area (Å²) in [4.78, 5) is 14.7. The van der Waals surface area contributed by atoms with Crippen LogP contribution in [0.15, 0.2) is 36.5 Å². The van der Waals surface area contributed by atoms with Gasteiger partial charge in [-0.25, -0.2) is 4.98 Å². The largest absolute Gasteiger partial charge is 0.497 e. The number of aromatic nitrogens is 1. The first-order chi connectivity index (χ1) is 10.1. The van der Waals surface area contributed by atoms with Crippen molar-refractivity contribution in [1.29, 1.82) is 0 Å². The van der Waals surface area contributed by atoms with Gasteiger partial charge in [0.15, 0.2) is 0 Å². The molecule has 0 unspecified atom stereocenters. The number of ether oxygens (including phenoxy) is 1. The molecule has 0 fully saturated rings. The molecule has 2 aromatic rings. The number of benzene rings is 1. The summed E-state index contributed by atoms with van der Waals surface area (Å²) in [5.74, 6) is 1.11. The van der Waals surface area contributed by atoms with E-state index in [9.17, 15) is 10.1 Å². The van der Waals surface area contributed by atoms with E-state index in [-0.39, 0.29) is 5.69 Å². The van der Waals surface area contributed by atoms with Crippen LogP contribution in [0.3, 0.4) is 0 Å². The molecule has 21 heavy (non-hydrogen) atoms. The van der Waals surface area contributed by atoms with E-state index in [0.29, 0.717) is 12.4 Å². The van der Waals surface area contributed by atoms with Gasteiger partial charge in [-0.05, 0) is 36.6 Å². The molecular formula is C15H17N3O3. The predicted molar refractivity (Wildman–Crippen MR) is 80.8 cm³/mol. The lowest BCUT2D eigenvalue weighted by Crippen LogP contribution is -2.08. The number of nitrogens with one attached hydrogen (secondary N) is 1. The van der Waals surface area contributed by atoms with Crippen molar-refractivity contribution in [3.63, 3.8) is 0 Å². The number of hydrogen-bond acceptors (Lipinski definition) is 5. The number of pyridine rings is 1. The molecule has 0 radical (unpaired) electrons. The highest BCUT2D eigenvalue weighted by molar-refractivity contribution is 5.56. The normalized spacial score (nSPS) is 10.2. The molecule has 1 heterocycles. The third-order valence-corrected chi connectivity index (χ3v) is 3.07. The molecule has 0 atom stereocenters. The second-order valence-electron chi connectivity index (χ2n) is 4.66. The number of aryl methyl sites for hydroxylation is 1. The van der Waals surface area contributed by atoms with Crippen molar-refractivity contribution in [3.05, 3.63) is 57.8 Å². The predicted octanol–water partition coefficient (Wildman–Crippen LogP) is 2.96. The highest BCUT2D eigenvalue weighted by Crippen LogP contribution is 2.22. The van der Waals surface area contributed by atoms with Gasteiger partial charge in [0.1, 0.15) is 5.75 Å². The van der Waals surface area contributed by atoms with Gasteiger partial charge < -0.3 is 10.1 Å². The van der Waals surface area contributed by atoms with Crippen LogP contribution in [0.5, 0.6) is 5.75 Å². The quantitative estimate of drug-likeness (QED) is 0.653. The monoisotopic (exact) mass is 287 g/mol. The molecule has 1 aromatic carbocycles. The van der Waals surface area contributed by atoms with E-state index < -0.39 is 4.92 Å². The molecule has 0 spiro atoms. The molecular weight excluding hydrogens is 270 g/mol. The number of rotatable bonds is 6. The van der Waals surface area contributed by atoms with Crippen LogP contribution in [0.2, 0.25) is 0 Å². The zero-order chi connectivity index (χ0) is 15.2. The Bertz CT molecular complexity index is 627. The highest BCUT2D eigenvalue weighted by Gasteiger charge is 2.14. The fourth-order valence-electron chi connectivity index (χ4n) is 1.95. The molecule has 2 rings (SSSR count). The maximum absolute atomic E-state index is 11.0. The van der Waals surface area contributed by atoms with Crippen molar-refractivity contribution in [2.75, 3.05) is 19.0 Å². The Morgan fingerprint density at radius 3 is 2.67 bits per heavy atom. The van der Waals surface area contributed by atoms with Crippen LogP contribution in [-0.2, 0) is 6.42 Å². The molecule has 110 valence electrons. The molecule has 0 saturated carbocycles. The second-order valence-corrected chi connectivity index (χ2v) is 4.66. The first-order valence-corrected chi connectivity index (χ1v) is 6.58. The fraction of sp³-hybridized carbons (Fsp3) is 0.267. The third kappa shape index (κ3) is 3.92. The van der Waals surface area contributed by atoms with Gasteiger partial charge in [-0.2, -0.15) is 0 Å². The van der Waals surface area contributed by atoms with Crippen LogP contribution in [-0.4, -0.2) is 23.6 Å². The smallest absolute Gasteiger partial charge is 0.311 e. The van der Waals surface area contributed by atoms with E-state index in [0.717, 1.165) is 23.3 Å². The average molecular weight is 287 g/mol. The summed E-state index contributed by atoms with van der Waals surface area (Å²) in [6.07, 6.45) is 2.36. The minimum absolute atomic E-state index is 0.00438. The molecule has 1 aromatic heterocycles. The maximum Gasteiger partial charge on any atom is 0.311 e. The lowest BCUT2D eigenvalue weighted by Gasteiger charge is -2.07. The topological polar surface area (TPSA) is 77.3 Å². The zero-order valence-corrected chi connectivity index (χ0v) is 12.0. The van der Waals surface area contributed by atoms with Crippen molar-refractivity contribution < 1.29 is 9.66 Å². The van der Waals surface area contributed by atoms with E-state index in [1.54, 1.807) is 20.2 Å². The van der Waals surface area contributed by atoms with E-state index in [4.69, 9.17) is 4.74 Å². The molecule has 1 N–H and O–H groups in total. The summed E-state index contributed by atoms with van der Waals surface area (Å²) in [5, 5.41) is 14.0. The standard InChI is InChI=1S/C15H17N3O3/c1-11-9-14(18(19)20)15(17-10-11)16-8-7-12-3-5-13(21-2)6-4-12/h3-6,9-10H,7-8H2,1-2H3,(H,16,17). The number of nitrogens with zero attached hydrogens (tertiary/aromatic N) is 2. The SMILES string of the molecule is COc1ccc(CCNc2ncc(C)cc2[N+](=O)[O-])cc1. The summed E-state index contributed by atoms with van der Waals surface area (Å²) in [6, 6.07) is 9.24. The average Bonchev–Trinajstić information content (AvgIpc) is 2.49. The molecule has 0 bridgehead atoms. The van der Waals surface area contributed by atoms with E-state index in [1.165, 1.54) is 6.07 Å². The third-order valence-electron chi connectivity index (χ3n) is 3.07. The fourth-order valence-corrected chi connectivity index (χ4v) is 1.95. The van der Waals surface area contributed by atoms with Gasteiger partial charge in [-0.1, -0.05) is 12.1 Å². The lowest BCUT2D eigenvalue weighted by molar-refractivity contribution is -0.384. The van der Waals surface area contributed by atoms with Crippen molar-refractivity contribution in [2.45, 2.75) is 13.3 Å². The van der Waals surface area contributed by atoms with Crippen LogP contribution in [0.1, 0.15) is 11.1 Å². The van der Waals surface area contributed by atoms with Crippen LogP contribution in [0.25, 0.3) is 0 Å². The number of anilines is 1. The summed E-state index contributed by atoms with van der Waals surface area (Å²) in [5.41, 5.74) is 1.89. The van der Waals surface area contributed by atoms with Crippen LogP contribution < -0.4 is 10.1 Å². The van der Waals surface area contributed by atoms with Gasteiger partial charge in [0.25, 0.3) is 0 Å². The highest BCUT2D eigenvalue weighted by atomic mass is 16.6. The molecule has 0 saturated heterocycles. The second kappa shape index (κ2) is 6.69. The van der Waals surface area contributed by atoms with Crippen LogP contribution >= 0.6 is 0 Å². The van der Waals surface area contributed by atoms with Gasteiger partial charge in [-0.3, -0.25) is 10.1 Å². The number of nitro groups is 1. The first-order valence-electron chi connectivity index (χ1n) is 6.58. The van der Waals surface area contributed by atoms with Gasteiger partial charge in [0, 0.05) is 18.8 Å². The van der Waals surface area contributed by atoms with Gasteiger partial charge >= 0.3 is 5.69 Å². The Balaban J connectivity index is 1.98. The molecule has 0 aliphatic rings. The lowest BCUT2D eigenvalue weighted by atomic mass is 10.1. The Morgan fingerprint density at radius 1 is 1.33 bits per heavy atom. The minimum atomic E-state index is -0.421. The van der Waals surface area contributed by atoms with Crippen molar-refractivity contribution in [1.82, 2.24) is 4.98 Å².